The molecule has 27 heavy (non-hydrogen) atoms. The predicted octanol–water partition coefficient (Wildman–Crippen LogP) is 1.88. The standard InChI is InChI=1S/C18H20FN3O4S/c1-12(2)22-27(25,26)14-8-9-16(19)15(10-14)18(24)20-11-17(23)21-13-6-4-3-5-7-13/h3-10,12,22H,11H2,1-2H3,(H,20,24)(H,21,23). The molecule has 0 atom stereocenters. The van der Waals surface area contributed by atoms with Crippen molar-refractivity contribution in [3.8, 4) is 0 Å². The molecule has 0 radical (unpaired) electrons. The molecular formula is C18H20FN3O4S. The number of anilines is 1. The van der Waals surface area contributed by atoms with Gasteiger partial charge in [0.1, 0.15) is 5.82 Å². The zero-order chi connectivity index (χ0) is 20.0. The average molecular weight is 393 g/mol. The molecule has 2 amide bonds. The molecule has 2 aromatic rings. The Balaban J connectivity index is 2.07. The largest absolute Gasteiger partial charge is 0.343 e. The molecule has 144 valence electrons. The summed E-state index contributed by atoms with van der Waals surface area (Å²) in [4.78, 5) is 23.8. The number of halogens is 1. The maximum atomic E-state index is 14.0. The highest BCUT2D eigenvalue weighted by atomic mass is 32.2. The van der Waals surface area contributed by atoms with E-state index < -0.39 is 39.8 Å². The molecule has 0 aliphatic heterocycles. The van der Waals surface area contributed by atoms with Gasteiger partial charge in [0.15, 0.2) is 0 Å². The number of hydrogen-bond donors (Lipinski definition) is 3. The van der Waals surface area contributed by atoms with Gasteiger partial charge in [-0.25, -0.2) is 17.5 Å². The van der Waals surface area contributed by atoms with Crippen LogP contribution in [0.3, 0.4) is 0 Å². The summed E-state index contributed by atoms with van der Waals surface area (Å²) in [5, 5.41) is 4.84. The van der Waals surface area contributed by atoms with E-state index in [0.29, 0.717) is 5.69 Å². The molecule has 3 N–H and O–H groups in total. The summed E-state index contributed by atoms with van der Waals surface area (Å²) in [5.41, 5.74) is 0.0879. The Morgan fingerprint density at radius 3 is 2.37 bits per heavy atom. The number of sulfonamides is 1. The summed E-state index contributed by atoms with van der Waals surface area (Å²) in [6, 6.07) is 11.2. The minimum Gasteiger partial charge on any atom is -0.343 e. The summed E-state index contributed by atoms with van der Waals surface area (Å²) in [6.45, 7) is 2.88. The molecule has 0 saturated carbocycles. The van der Waals surface area contributed by atoms with E-state index in [4.69, 9.17) is 0 Å². The van der Waals surface area contributed by atoms with E-state index in [1.165, 1.54) is 0 Å². The normalized spacial score (nSPS) is 11.3. The van der Waals surface area contributed by atoms with Gasteiger partial charge in [0, 0.05) is 11.7 Å². The van der Waals surface area contributed by atoms with Crippen LogP contribution in [0.4, 0.5) is 10.1 Å². The first kappa shape index (κ1) is 20.5. The van der Waals surface area contributed by atoms with Crippen LogP contribution in [0.15, 0.2) is 53.4 Å². The van der Waals surface area contributed by atoms with Crippen molar-refractivity contribution < 1.29 is 22.4 Å². The zero-order valence-corrected chi connectivity index (χ0v) is 15.6. The van der Waals surface area contributed by atoms with E-state index in [1.54, 1.807) is 44.2 Å². The molecule has 0 saturated heterocycles. The van der Waals surface area contributed by atoms with Gasteiger partial charge in [-0.15, -0.1) is 0 Å². The quantitative estimate of drug-likeness (QED) is 0.668. The minimum absolute atomic E-state index is 0.239. The number of para-hydroxylation sites is 1. The topological polar surface area (TPSA) is 104 Å². The highest BCUT2D eigenvalue weighted by molar-refractivity contribution is 7.89. The van der Waals surface area contributed by atoms with Crippen molar-refractivity contribution in [3.63, 3.8) is 0 Å². The minimum atomic E-state index is -3.88. The molecule has 0 fully saturated rings. The fraction of sp³-hybridized carbons (Fsp3) is 0.222. The van der Waals surface area contributed by atoms with Crippen molar-refractivity contribution in [2.24, 2.45) is 0 Å². The highest BCUT2D eigenvalue weighted by Crippen LogP contribution is 2.15. The highest BCUT2D eigenvalue weighted by Gasteiger charge is 2.20. The van der Waals surface area contributed by atoms with Crippen LogP contribution in [0.2, 0.25) is 0 Å². The first-order chi connectivity index (χ1) is 12.7. The SMILES string of the molecule is CC(C)NS(=O)(=O)c1ccc(F)c(C(=O)NCC(=O)Nc2ccccc2)c1. The van der Waals surface area contributed by atoms with E-state index in [0.717, 1.165) is 18.2 Å². The molecule has 2 aromatic carbocycles. The Bertz CT molecular complexity index is 931. The molecule has 0 bridgehead atoms. The van der Waals surface area contributed by atoms with Gasteiger partial charge in [0.05, 0.1) is 17.0 Å². The van der Waals surface area contributed by atoms with Gasteiger partial charge in [-0.3, -0.25) is 9.59 Å². The Morgan fingerprint density at radius 2 is 1.74 bits per heavy atom. The van der Waals surface area contributed by atoms with Crippen LogP contribution in [0.25, 0.3) is 0 Å². The summed E-state index contributed by atoms with van der Waals surface area (Å²) >= 11 is 0. The van der Waals surface area contributed by atoms with E-state index in [1.807, 2.05) is 0 Å². The number of carbonyl (C=O) groups excluding carboxylic acids is 2. The molecular weight excluding hydrogens is 373 g/mol. The van der Waals surface area contributed by atoms with Crippen LogP contribution in [-0.4, -0.2) is 32.8 Å². The summed E-state index contributed by atoms with van der Waals surface area (Å²) in [7, 11) is -3.88. The lowest BCUT2D eigenvalue weighted by molar-refractivity contribution is -0.115. The molecule has 7 nitrogen and oxygen atoms in total. The van der Waals surface area contributed by atoms with E-state index in [9.17, 15) is 22.4 Å². The molecule has 0 aromatic heterocycles. The monoisotopic (exact) mass is 393 g/mol. The average Bonchev–Trinajstić information content (AvgIpc) is 2.59. The molecule has 9 heteroatoms. The third-order valence-corrected chi connectivity index (χ3v) is 5.01. The van der Waals surface area contributed by atoms with E-state index in [-0.39, 0.29) is 10.9 Å². The fourth-order valence-corrected chi connectivity index (χ4v) is 3.48. The number of benzene rings is 2. The Hall–Kier alpha value is -2.78. The molecule has 2 rings (SSSR count). The van der Waals surface area contributed by atoms with Gasteiger partial charge in [-0.2, -0.15) is 0 Å². The third-order valence-electron chi connectivity index (χ3n) is 3.35. The maximum Gasteiger partial charge on any atom is 0.254 e. The van der Waals surface area contributed by atoms with Crippen molar-refractivity contribution in [2.75, 3.05) is 11.9 Å². The molecule has 0 spiro atoms. The summed E-state index contributed by atoms with van der Waals surface area (Å²) in [5.74, 6) is -2.28. The van der Waals surface area contributed by atoms with Gasteiger partial charge in [-0.05, 0) is 44.2 Å². The number of amides is 2. The Morgan fingerprint density at radius 1 is 1.07 bits per heavy atom. The van der Waals surface area contributed by atoms with Gasteiger partial charge < -0.3 is 10.6 Å². The second kappa shape index (κ2) is 8.74. The first-order valence-electron chi connectivity index (χ1n) is 8.14. The number of hydrogen-bond acceptors (Lipinski definition) is 4. The van der Waals surface area contributed by atoms with Crippen LogP contribution < -0.4 is 15.4 Å². The van der Waals surface area contributed by atoms with Gasteiger partial charge in [-0.1, -0.05) is 18.2 Å². The second-order valence-corrected chi connectivity index (χ2v) is 7.73. The van der Waals surface area contributed by atoms with E-state index >= 15 is 0 Å². The van der Waals surface area contributed by atoms with Gasteiger partial charge >= 0.3 is 0 Å². The molecule has 0 unspecified atom stereocenters. The van der Waals surface area contributed by atoms with Crippen LogP contribution in [0, 0.1) is 5.82 Å². The van der Waals surface area contributed by atoms with Crippen molar-refractivity contribution in [1.29, 1.82) is 0 Å². The van der Waals surface area contributed by atoms with Crippen LogP contribution >= 0.6 is 0 Å². The number of nitrogens with one attached hydrogen (secondary N) is 3. The maximum absolute atomic E-state index is 14.0. The fourth-order valence-electron chi connectivity index (χ4n) is 2.21. The van der Waals surface area contributed by atoms with Crippen LogP contribution in [0.1, 0.15) is 24.2 Å². The van der Waals surface area contributed by atoms with Crippen LogP contribution in [-0.2, 0) is 14.8 Å². The van der Waals surface area contributed by atoms with Gasteiger partial charge in [0.2, 0.25) is 15.9 Å². The summed E-state index contributed by atoms with van der Waals surface area (Å²) < 4.78 is 40.7. The smallest absolute Gasteiger partial charge is 0.254 e. The molecule has 0 heterocycles. The third kappa shape index (κ3) is 5.87. The Kier molecular flexibility index (Phi) is 6.65. The molecule has 0 aliphatic rings. The summed E-state index contributed by atoms with van der Waals surface area (Å²) in [6.07, 6.45) is 0. The lowest BCUT2D eigenvalue weighted by Gasteiger charge is -2.11. The van der Waals surface area contributed by atoms with Crippen molar-refractivity contribution in [2.45, 2.75) is 24.8 Å². The number of carbonyl (C=O) groups is 2. The lowest BCUT2D eigenvalue weighted by atomic mass is 10.2. The molecule has 0 aliphatic carbocycles. The van der Waals surface area contributed by atoms with Crippen molar-refractivity contribution >= 4 is 27.5 Å². The lowest BCUT2D eigenvalue weighted by Crippen LogP contribution is -2.34. The Labute approximate surface area is 157 Å². The van der Waals surface area contributed by atoms with Crippen molar-refractivity contribution in [1.82, 2.24) is 10.0 Å². The number of rotatable bonds is 7. The van der Waals surface area contributed by atoms with Gasteiger partial charge in [0.25, 0.3) is 5.91 Å². The second-order valence-electron chi connectivity index (χ2n) is 6.01. The predicted molar refractivity (Wildman–Crippen MR) is 99.3 cm³/mol. The van der Waals surface area contributed by atoms with Crippen LogP contribution in [0.5, 0.6) is 0 Å². The first-order valence-corrected chi connectivity index (χ1v) is 9.62. The van der Waals surface area contributed by atoms with E-state index in [2.05, 4.69) is 15.4 Å². The zero-order valence-electron chi connectivity index (χ0n) is 14.8. The van der Waals surface area contributed by atoms with Crippen molar-refractivity contribution in [3.05, 3.63) is 59.9 Å².